The van der Waals surface area contributed by atoms with Crippen molar-refractivity contribution >= 4 is 23.1 Å². The molecule has 0 saturated carbocycles. The third-order valence-electron chi connectivity index (χ3n) is 1.84. The zero-order valence-electron chi connectivity index (χ0n) is 8.10. The van der Waals surface area contributed by atoms with E-state index in [-0.39, 0.29) is 5.84 Å². The topological polar surface area (TPSA) is 61.9 Å². The van der Waals surface area contributed by atoms with Gasteiger partial charge in [-0.25, -0.2) is 0 Å². The highest BCUT2D eigenvalue weighted by molar-refractivity contribution is 6.34. The van der Waals surface area contributed by atoms with Crippen LogP contribution in [0.4, 0.5) is 5.69 Å². The summed E-state index contributed by atoms with van der Waals surface area (Å²) in [4.78, 5) is 0. The monoisotopic (exact) mass is 211 g/mol. The van der Waals surface area contributed by atoms with Crippen molar-refractivity contribution in [3.05, 3.63) is 28.8 Å². The Labute approximate surface area is 88.8 Å². The SMILES string of the molecule is CCCNc1ccc(C(=N)N)c(Cl)c1. The summed E-state index contributed by atoms with van der Waals surface area (Å²) in [5.74, 6) is -0.00274. The fourth-order valence-electron chi connectivity index (χ4n) is 1.11. The molecule has 1 aromatic rings. The largest absolute Gasteiger partial charge is 0.385 e. The van der Waals surface area contributed by atoms with Gasteiger partial charge in [0.05, 0.1) is 5.02 Å². The molecule has 14 heavy (non-hydrogen) atoms. The van der Waals surface area contributed by atoms with Crippen LogP contribution in [0.2, 0.25) is 5.02 Å². The molecule has 1 aromatic carbocycles. The lowest BCUT2D eigenvalue weighted by molar-refractivity contribution is 0.980. The van der Waals surface area contributed by atoms with E-state index in [1.165, 1.54) is 0 Å². The van der Waals surface area contributed by atoms with Crippen LogP contribution >= 0.6 is 11.6 Å². The van der Waals surface area contributed by atoms with Crippen molar-refractivity contribution in [2.24, 2.45) is 5.73 Å². The molecule has 0 unspecified atom stereocenters. The Morgan fingerprint density at radius 1 is 1.57 bits per heavy atom. The van der Waals surface area contributed by atoms with Crippen LogP contribution in [0.15, 0.2) is 18.2 Å². The second-order valence-corrected chi connectivity index (χ2v) is 3.44. The van der Waals surface area contributed by atoms with Crippen LogP contribution in [0.5, 0.6) is 0 Å². The number of benzene rings is 1. The fourth-order valence-corrected chi connectivity index (χ4v) is 1.40. The quantitative estimate of drug-likeness (QED) is 0.529. The van der Waals surface area contributed by atoms with Gasteiger partial charge < -0.3 is 11.1 Å². The highest BCUT2D eigenvalue weighted by Crippen LogP contribution is 2.20. The van der Waals surface area contributed by atoms with Crippen LogP contribution in [0.3, 0.4) is 0 Å². The molecule has 0 aliphatic heterocycles. The first-order valence-electron chi connectivity index (χ1n) is 4.53. The molecule has 0 radical (unpaired) electrons. The van der Waals surface area contributed by atoms with E-state index in [1.54, 1.807) is 12.1 Å². The Kier molecular flexibility index (Phi) is 3.77. The van der Waals surface area contributed by atoms with Crippen LogP contribution in [-0.2, 0) is 0 Å². The van der Waals surface area contributed by atoms with Crippen molar-refractivity contribution in [1.29, 1.82) is 5.41 Å². The number of hydrogen-bond acceptors (Lipinski definition) is 2. The number of rotatable bonds is 4. The molecule has 0 amide bonds. The zero-order chi connectivity index (χ0) is 10.6. The lowest BCUT2D eigenvalue weighted by Gasteiger charge is -2.07. The molecular weight excluding hydrogens is 198 g/mol. The van der Waals surface area contributed by atoms with Gasteiger partial charge in [-0.1, -0.05) is 18.5 Å². The average Bonchev–Trinajstić information content (AvgIpc) is 2.14. The van der Waals surface area contributed by atoms with Gasteiger partial charge in [0, 0.05) is 17.8 Å². The van der Waals surface area contributed by atoms with E-state index in [2.05, 4.69) is 12.2 Å². The highest BCUT2D eigenvalue weighted by atomic mass is 35.5. The van der Waals surface area contributed by atoms with Crippen LogP contribution in [0, 0.1) is 5.41 Å². The fraction of sp³-hybridized carbons (Fsp3) is 0.300. The number of nitrogens with two attached hydrogens (primary N) is 1. The third-order valence-corrected chi connectivity index (χ3v) is 2.15. The van der Waals surface area contributed by atoms with E-state index >= 15 is 0 Å². The molecule has 4 heteroatoms. The van der Waals surface area contributed by atoms with Gasteiger partial charge in [-0.15, -0.1) is 0 Å². The van der Waals surface area contributed by atoms with E-state index in [0.717, 1.165) is 18.7 Å². The van der Waals surface area contributed by atoms with E-state index < -0.39 is 0 Å². The van der Waals surface area contributed by atoms with Crippen molar-refractivity contribution in [2.45, 2.75) is 13.3 Å². The van der Waals surface area contributed by atoms with E-state index in [0.29, 0.717) is 10.6 Å². The van der Waals surface area contributed by atoms with E-state index in [9.17, 15) is 0 Å². The zero-order valence-corrected chi connectivity index (χ0v) is 8.86. The number of hydrogen-bond donors (Lipinski definition) is 3. The van der Waals surface area contributed by atoms with Crippen LogP contribution in [0.25, 0.3) is 0 Å². The second-order valence-electron chi connectivity index (χ2n) is 3.04. The highest BCUT2D eigenvalue weighted by Gasteiger charge is 2.03. The molecular formula is C10H14ClN3. The van der Waals surface area contributed by atoms with Gasteiger partial charge in [0.25, 0.3) is 0 Å². The smallest absolute Gasteiger partial charge is 0.124 e. The number of halogens is 1. The van der Waals surface area contributed by atoms with Crippen molar-refractivity contribution in [2.75, 3.05) is 11.9 Å². The molecule has 0 aliphatic rings. The van der Waals surface area contributed by atoms with Crippen molar-refractivity contribution in [3.8, 4) is 0 Å². The molecule has 0 spiro atoms. The first kappa shape index (κ1) is 10.9. The minimum Gasteiger partial charge on any atom is -0.385 e. The molecule has 0 bridgehead atoms. The molecule has 0 aliphatic carbocycles. The molecule has 76 valence electrons. The first-order chi connectivity index (χ1) is 6.65. The summed E-state index contributed by atoms with van der Waals surface area (Å²) in [6.07, 6.45) is 1.06. The predicted molar refractivity (Wildman–Crippen MR) is 61.2 cm³/mol. The van der Waals surface area contributed by atoms with Gasteiger partial charge in [-0.05, 0) is 24.6 Å². The molecule has 1 rings (SSSR count). The van der Waals surface area contributed by atoms with Gasteiger partial charge in [-0.3, -0.25) is 5.41 Å². The molecule has 0 atom stereocenters. The van der Waals surface area contributed by atoms with E-state index in [4.69, 9.17) is 22.7 Å². The summed E-state index contributed by atoms with van der Waals surface area (Å²) in [6.45, 7) is 3.01. The summed E-state index contributed by atoms with van der Waals surface area (Å²) in [7, 11) is 0. The number of nitrogen functional groups attached to an aromatic ring is 1. The van der Waals surface area contributed by atoms with Crippen LogP contribution in [0.1, 0.15) is 18.9 Å². The standard InChI is InChI=1S/C10H14ClN3/c1-2-5-14-7-3-4-8(10(12)13)9(11)6-7/h3-4,6,14H,2,5H2,1H3,(H3,12,13). The van der Waals surface area contributed by atoms with Gasteiger partial charge in [0.15, 0.2) is 0 Å². The van der Waals surface area contributed by atoms with Crippen LogP contribution < -0.4 is 11.1 Å². The van der Waals surface area contributed by atoms with Gasteiger partial charge in [0.1, 0.15) is 5.84 Å². The lowest BCUT2D eigenvalue weighted by atomic mass is 10.2. The molecule has 0 heterocycles. The second kappa shape index (κ2) is 4.86. The van der Waals surface area contributed by atoms with Crippen molar-refractivity contribution < 1.29 is 0 Å². The predicted octanol–water partition coefficient (Wildman–Crippen LogP) is 2.45. The van der Waals surface area contributed by atoms with Crippen molar-refractivity contribution in [1.82, 2.24) is 0 Å². The average molecular weight is 212 g/mol. The van der Waals surface area contributed by atoms with Crippen molar-refractivity contribution in [3.63, 3.8) is 0 Å². The Morgan fingerprint density at radius 3 is 2.79 bits per heavy atom. The normalized spacial score (nSPS) is 9.86. The lowest BCUT2D eigenvalue weighted by Crippen LogP contribution is -2.11. The summed E-state index contributed by atoms with van der Waals surface area (Å²) in [6, 6.07) is 5.41. The minimum atomic E-state index is -0.00274. The summed E-state index contributed by atoms with van der Waals surface area (Å²) >= 11 is 5.94. The third kappa shape index (κ3) is 2.64. The Balaban J connectivity index is 2.83. The molecule has 0 aromatic heterocycles. The van der Waals surface area contributed by atoms with Crippen LogP contribution in [-0.4, -0.2) is 12.4 Å². The van der Waals surface area contributed by atoms with Gasteiger partial charge in [0.2, 0.25) is 0 Å². The maximum atomic E-state index is 7.26. The molecule has 0 fully saturated rings. The maximum Gasteiger partial charge on any atom is 0.124 e. The summed E-state index contributed by atoms with van der Waals surface area (Å²) in [5.41, 5.74) is 6.88. The molecule has 0 saturated heterocycles. The van der Waals surface area contributed by atoms with E-state index in [1.807, 2.05) is 6.07 Å². The van der Waals surface area contributed by atoms with Gasteiger partial charge in [-0.2, -0.15) is 0 Å². The Hall–Kier alpha value is -1.22. The maximum absolute atomic E-state index is 7.26. The van der Waals surface area contributed by atoms with Gasteiger partial charge >= 0.3 is 0 Å². The summed E-state index contributed by atoms with van der Waals surface area (Å²) in [5, 5.41) is 11.0. The number of amidine groups is 1. The minimum absolute atomic E-state index is 0.00274. The number of nitrogens with one attached hydrogen (secondary N) is 2. The molecule has 3 nitrogen and oxygen atoms in total. The first-order valence-corrected chi connectivity index (χ1v) is 4.90. The Morgan fingerprint density at radius 2 is 2.29 bits per heavy atom. The summed E-state index contributed by atoms with van der Waals surface area (Å²) < 4.78 is 0. The molecule has 4 N–H and O–H groups in total. The number of anilines is 1. The Bertz CT molecular complexity index is 336.